The quantitative estimate of drug-likeness (QED) is 0.854. The minimum absolute atomic E-state index is 0.163. The van der Waals surface area contributed by atoms with E-state index in [-0.39, 0.29) is 24.4 Å². The number of aromatic nitrogens is 2. The van der Waals surface area contributed by atoms with Gasteiger partial charge in [-0.15, -0.1) is 6.42 Å². The Labute approximate surface area is 144 Å². The van der Waals surface area contributed by atoms with Gasteiger partial charge in [0.25, 0.3) is 11.8 Å². The van der Waals surface area contributed by atoms with Crippen LogP contribution in [0.1, 0.15) is 34.2 Å². The van der Waals surface area contributed by atoms with Gasteiger partial charge in [0.1, 0.15) is 0 Å². The molecule has 0 saturated heterocycles. The van der Waals surface area contributed by atoms with Gasteiger partial charge in [-0.25, -0.2) is 13.5 Å². The largest absolute Gasteiger partial charge is 0.354 e. The average molecular weight is 341 g/mol. The molecule has 2 atom stereocenters. The second-order valence-corrected chi connectivity index (χ2v) is 6.93. The third-order valence-corrected chi connectivity index (χ3v) is 5.62. The lowest BCUT2D eigenvalue weighted by molar-refractivity contribution is 0.0629. The van der Waals surface area contributed by atoms with E-state index in [9.17, 15) is 13.6 Å². The Bertz CT molecular complexity index is 941. The number of terminal acetylenes is 1. The Kier molecular flexibility index (Phi) is 3.11. The van der Waals surface area contributed by atoms with Crippen LogP contribution in [0.3, 0.4) is 0 Å². The summed E-state index contributed by atoms with van der Waals surface area (Å²) in [6.45, 7) is 1.61. The molecule has 2 unspecified atom stereocenters. The molecule has 2 aromatic rings. The van der Waals surface area contributed by atoms with E-state index in [0.29, 0.717) is 22.5 Å². The highest BCUT2D eigenvalue weighted by atomic mass is 19.3. The Morgan fingerprint density at radius 3 is 2.92 bits per heavy atom. The van der Waals surface area contributed by atoms with Crippen LogP contribution in [0, 0.1) is 23.7 Å². The molecule has 128 valence electrons. The van der Waals surface area contributed by atoms with Crippen molar-refractivity contribution in [2.75, 3.05) is 7.05 Å². The number of alkyl halides is 2. The molecule has 1 N–H and O–H groups in total. The minimum Gasteiger partial charge on any atom is -0.354 e. The fourth-order valence-corrected chi connectivity index (χ4v) is 3.94. The molecule has 2 aliphatic rings. The lowest BCUT2D eigenvalue weighted by Crippen LogP contribution is -2.21. The predicted molar refractivity (Wildman–Crippen MR) is 88.8 cm³/mol. The Balaban J connectivity index is 1.89. The van der Waals surface area contributed by atoms with Gasteiger partial charge in [-0.3, -0.25) is 4.79 Å². The first kappa shape index (κ1) is 15.8. The SMILES string of the molecule is C#Cc1cccc(-n2nc(C(=O)NC)c3c2CC2(C)C(C3)C2(F)F)c1. The first-order valence-electron chi connectivity index (χ1n) is 8.11. The zero-order chi connectivity index (χ0) is 18.0. The first-order chi connectivity index (χ1) is 11.8. The van der Waals surface area contributed by atoms with Crippen molar-refractivity contribution in [3.05, 3.63) is 46.8 Å². The summed E-state index contributed by atoms with van der Waals surface area (Å²) in [5.74, 6) is -1.25. The van der Waals surface area contributed by atoms with E-state index < -0.39 is 17.3 Å². The Morgan fingerprint density at radius 1 is 1.48 bits per heavy atom. The van der Waals surface area contributed by atoms with E-state index in [1.54, 1.807) is 35.9 Å². The molecule has 0 radical (unpaired) electrons. The summed E-state index contributed by atoms with van der Waals surface area (Å²) in [6.07, 6.45) is 5.80. The number of nitrogens with one attached hydrogen (secondary N) is 1. The molecular weight excluding hydrogens is 324 g/mol. The lowest BCUT2D eigenvalue weighted by Gasteiger charge is -2.18. The van der Waals surface area contributed by atoms with E-state index in [4.69, 9.17) is 6.42 Å². The van der Waals surface area contributed by atoms with E-state index in [1.807, 2.05) is 0 Å². The van der Waals surface area contributed by atoms with Crippen molar-refractivity contribution >= 4 is 5.91 Å². The van der Waals surface area contributed by atoms with Crippen molar-refractivity contribution in [1.29, 1.82) is 0 Å². The van der Waals surface area contributed by atoms with Gasteiger partial charge in [0, 0.05) is 41.6 Å². The van der Waals surface area contributed by atoms with Crippen LogP contribution < -0.4 is 5.32 Å². The van der Waals surface area contributed by atoms with Crippen molar-refractivity contribution in [2.24, 2.45) is 11.3 Å². The van der Waals surface area contributed by atoms with Crippen molar-refractivity contribution in [3.63, 3.8) is 0 Å². The number of hydrogen-bond acceptors (Lipinski definition) is 2. The van der Waals surface area contributed by atoms with Crippen molar-refractivity contribution in [2.45, 2.75) is 25.7 Å². The maximum Gasteiger partial charge on any atom is 0.271 e. The summed E-state index contributed by atoms with van der Waals surface area (Å²) >= 11 is 0. The van der Waals surface area contributed by atoms with Crippen LogP contribution in [0.15, 0.2) is 24.3 Å². The molecule has 1 saturated carbocycles. The third-order valence-electron chi connectivity index (χ3n) is 5.62. The first-order valence-corrected chi connectivity index (χ1v) is 8.11. The van der Waals surface area contributed by atoms with E-state index in [1.165, 1.54) is 7.05 Å². The van der Waals surface area contributed by atoms with Crippen LogP contribution in [-0.4, -0.2) is 28.7 Å². The highest BCUT2D eigenvalue weighted by Gasteiger charge is 2.78. The Hall–Kier alpha value is -2.68. The molecule has 0 aliphatic heterocycles. The number of fused-ring (bicyclic) bond motifs is 2. The van der Waals surface area contributed by atoms with E-state index in [0.717, 1.165) is 0 Å². The van der Waals surface area contributed by atoms with Crippen LogP contribution in [0.4, 0.5) is 8.78 Å². The summed E-state index contributed by atoms with van der Waals surface area (Å²) < 4.78 is 30.1. The molecule has 1 aromatic heterocycles. The maximum atomic E-state index is 14.2. The number of amides is 1. The molecule has 0 spiro atoms. The van der Waals surface area contributed by atoms with Crippen LogP contribution in [-0.2, 0) is 12.8 Å². The number of carbonyl (C=O) groups is 1. The summed E-state index contributed by atoms with van der Waals surface area (Å²) in [7, 11) is 1.51. The molecule has 1 amide bonds. The number of nitrogens with zero attached hydrogens (tertiary/aromatic N) is 2. The monoisotopic (exact) mass is 341 g/mol. The lowest BCUT2D eigenvalue weighted by atomic mass is 9.87. The summed E-state index contributed by atoms with van der Waals surface area (Å²) in [4.78, 5) is 12.2. The van der Waals surface area contributed by atoms with Gasteiger partial charge in [0.05, 0.1) is 5.69 Å². The second kappa shape index (κ2) is 4.92. The van der Waals surface area contributed by atoms with Crippen molar-refractivity contribution in [3.8, 4) is 18.0 Å². The smallest absolute Gasteiger partial charge is 0.271 e. The fraction of sp³-hybridized carbons (Fsp3) is 0.368. The van der Waals surface area contributed by atoms with Crippen molar-refractivity contribution < 1.29 is 13.6 Å². The molecule has 0 bridgehead atoms. The van der Waals surface area contributed by atoms with E-state index >= 15 is 0 Å². The summed E-state index contributed by atoms with van der Waals surface area (Å²) in [5.41, 5.74) is 1.77. The van der Waals surface area contributed by atoms with Crippen LogP contribution in [0.2, 0.25) is 0 Å². The molecule has 1 aromatic carbocycles. The summed E-state index contributed by atoms with van der Waals surface area (Å²) in [6, 6.07) is 7.14. The highest BCUT2D eigenvalue weighted by Crippen LogP contribution is 2.70. The molecule has 1 fully saturated rings. The maximum absolute atomic E-state index is 14.2. The topological polar surface area (TPSA) is 46.9 Å². The molecule has 6 heteroatoms. The Morgan fingerprint density at radius 2 is 2.24 bits per heavy atom. The standard InChI is InChI=1S/C19H17F2N3O/c1-4-11-6-5-7-12(8-11)24-14-10-18(2)15(19(18,20)21)9-13(14)16(23-24)17(25)22-3/h1,5-8,15H,9-10H2,2-3H3,(H,22,25). The minimum atomic E-state index is -2.71. The summed E-state index contributed by atoms with van der Waals surface area (Å²) in [5, 5.41) is 6.98. The van der Waals surface area contributed by atoms with Gasteiger partial charge in [0.15, 0.2) is 5.69 Å². The van der Waals surface area contributed by atoms with Gasteiger partial charge < -0.3 is 5.32 Å². The molecular formula is C19H17F2N3O. The average Bonchev–Trinajstić information content (AvgIpc) is 2.90. The van der Waals surface area contributed by atoms with Gasteiger partial charge in [-0.2, -0.15) is 5.10 Å². The van der Waals surface area contributed by atoms with Gasteiger partial charge in [0.2, 0.25) is 0 Å². The van der Waals surface area contributed by atoms with Crippen LogP contribution in [0.5, 0.6) is 0 Å². The van der Waals surface area contributed by atoms with Crippen LogP contribution in [0.25, 0.3) is 5.69 Å². The molecule has 4 nitrogen and oxygen atoms in total. The molecule has 25 heavy (non-hydrogen) atoms. The number of hydrogen-bond donors (Lipinski definition) is 1. The second-order valence-electron chi connectivity index (χ2n) is 6.93. The fourth-order valence-electron chi connectivity index (χ4n) is 3.94. The number of carbonyl (C=O) groups excluding carboxylic acids is 1. The zero-order valence-corrected chi connectivity index (χ0v) is 13.9. The van der Waals surface area contributed by atoms with E-state index in [2.05, 4.69) is 16.3 Å². The van der Waals surface area contributed by atoms with Gasteiger partial charge >= 0.3 is 0 Å². The highest BCUT2D eigenvalue weighted by molar-refractivity contribution is 5.94. The van der Waals surface area contributed by atoms with Gasteiger partial charge in [-0.1, -0.05) is 18.9 Å². The number of rotatable bonds is 2. The molecule has 1 heterocycles. The number of halogens is 2. The third kappa shape index (κ3) is 1.98. The molecule has 2 aliphatic carbocycles. The van der Waals surface area contributed by atoms with Crippen molar-refractivity contribution in [1.82, 2.24) is 15.1 Å². The molecule has 4 rings (SSSR count). The van der Waals surface area contributed by atoms with Gasteiger partial charge in [-0.05, 0) is 24.6 Å². The number of benzene rings is 1. The predicted octanol–water partition coefficient (Wildman–Crippen LogP) is 2.58. The normalized spacial score (nSPS) is 25.5. The van der Waals surface area contributed by atoms with Crippen LogP contribution >= 0.6 is 0 Å². The zero-order valence-electron chi connectivity index (χ0n) is 13.9.